The summed E-state index contributed by atoms with van der Waals surface area (Å²) in [6, 6.07) is 9.34. The third kappa shape index (κ3) is 3.98. The lowest BCUT2D eigenvalue weighted by Crippen LogP contribution is -2.52. The number of nitrogens with zero attached hydrogens (tertiary/aromatic N) is 2. The normalized spacial score (nSPS) is 18.0. The van der Waals surface area contributed by atoms with E-state index in [2.05, 4.69) is 5.32 Å². The molecule has 4 rings (SSSR count). The largest absolute Gasteiger partial charge is 0.419 e. The van der Waals surface area contributed by atoms with Gasteiger partial charge in [-0.15, -0.1) is 0 Å². The Morgan fingerprint density at radius 2 is 1.97 bits per heavy atom. The molecule has 0 radical (unpaired) electrons. The predicted octanol–water partition coefficient (Wildman–Crippen LogP) is 3.04. The second-order valence-corrected chi connectivity index (χ2v) is 7.99. The lowest BCUT2D eigenvalue weighted by molar-refractivity contribution is -0.136. The molecule has 2 aliphatic heterocycles. The Bertz CT molecular complexity index is 1120. The Morgan fingerprint density at radius 1 is 1.19 bits per heavy atom. The summed E-state index contributed by atoms with van der Waals surface area (Å²) in [5.74, 6) is -0.922. The van der Waals surface area contributed by atoms with Crippen LogP contribution in [-0.2, 0) is 16.1 Å². The summed E-state index contributed by atoms with van der Waals surface area (Å²) in [5, 5.41) is 2.81. The van der Waals surface area contributed by atoms with E-state index >= 15 is 0 Å². The van der Waals surface area contributed by atoms with Crippen LogP contribution in [0.2, 0.25) is 5.02 Å². The number of fused-ring (bicyclic) bond motifs is 1. The quantitative estimate of drug-likeness (QED) is 0.738. The van der Waals surface area contributed by atoms with Crippen LogP contribution in [0.15, 0.2) is 36.4 Å². The monoisotopic (exact) mass is 441 g/mol. The molecule has 2 heterocycles. The Labute approximate surface area is 183 Å². The van der Waals surface area contributed by atoms with E-state index in [0.29, 0.717) is 16.3 Å². The lowest BCUT2D eigenvalue weighted by Gasteiger charge is -2.29. The number of hydrogen-bond donors (Lipinski definition) is 1. The van der Waals surface area contributed by atoms with E-state index in [0.717, 1.165) is 11.1 Å². The number of aryl methyl sites for hydroxylation is 1. The number of hydrogen-bond acceptors (Lipinski definition) is 5. The molecule has 1 saturated heterocycles. The zero-order valence-corrected chi connectivity index (χ0v) is 17.7. The average Bonchev–Trinajstić information content (AvgIpc) is 3.05. The van der Waals surface area contributed by atoms with E-state index in [1.807, 2.05) is 6.92 Å². The SMILES string of the molecule is Cc1ccc(N(C)C(=O)Oc2ccc3c(c2)C(=O)N([C@@H]2CCC(=O)NC2=O)C3)cc1Cl. The minimum absolute atomic E-state index is 0.189. The van der Waals surface area contributed by atoms with Crippen molar-refractivity contribution in [3.05, 3.63) is 58.1 Å². The van der Waals surface area contributed by atoms with Gasteiger partial charge in [-0.2, -0.15) is 0 Å². The smallest absolute Gasteiger partial charge is 0.410 e. The number of ether oxygens (including phenoxy) is 1. The molecule has 160 valence electrons. The van der Waals surface area contributed by atoms with Gasteiger partial charge in [-0.1, -0.05) is 23.7 Å². The van der Waals surface area contributed by atoms with E-state index in [-0.39, 0.29) is 37.0 Å². The number of anilines is 1. The maximum Gasteiger partial charge on any atom is 0.419 e. The number of rotatable bonds is 3. The maximum atomic E-state index is 12.9. The highest BCUT2D eigenvalue weighted by atomic mass is 35.5. The molecule has 0 bridgehead atoms. The number of benzene rings is 2. The fourth-order valence-electron chi connectivity index (χ4n) is 3.66. The molecule has 0 aliphatic carbocycles. The number of amides is 4. The van der Waals surface area contributed by atoms with E-state index in [1.54, 1.807) is 37.4 Å². The van der Waals surface area contributed by atoms with Crippen LogP contribution in [0.4, 0.5) is 10.5 Å². The number of halogens is 1. The second kappa shape index (κ2) is 8.03. The number of piperidine rings is 1. The van der Waals surface area contributed by atoms with Crippen LogP contribution in [0, 0.1) is 6.92 Å². The molecule has 4 amide bonds. The molecule has 2 aromatic carbocycles. The van der Waals surface area contributed by atoms with Crippen molar-refractivity contribution in [3.63, 3.8) is 0 Å². The van der Waals surface area contributed by atoms with Gasteiger partial charge in [-0.05, 0) is 48.7 Å². The first-order valence-corrected chi connectivity index (χ1v) is 10.1. The Balaban J connectivity index is 1.48. The van der Waals surface area contributed by atoms with Crippen molar-refractivity contribution in [2.24, 2.45) is 0 Å². The van der Waals surface area contributed by atoms with Crippen molar-refractivity contribution in [1.82, 2.24) is 10.2 Å². The van der Waals surface area contributed by atoms with Gasteiger partial charge in [0.25, 0.3) is 5.91 Å². The van der Waals surface area contributed by atoms with E-state index in [9.17, 15) is 19.2 Å². The van der Waals surface area contributed by atoms with Crippen LogP contribution in [0.25, 0.3) is 0 Å². The van der Waals surface area contributed by atoms with Crippen molar-refractivity contribution in [2.45, 2.75) is 32.4 Å². The number of carbonyl (C=O) groups excluding carboxylic acids is 4. The first kappa shape index (κ1) is 20.9. The first-order valence-electron chi connectivity index (χ1n) is 9.74. The Morgan fingerprint density at radius 3 is 2.68 bits per heavy atom. The molecule has 0 saturated carbocycles. The number of imide groups is 1. The van der Waals surface area contributed by atoms with E-state index < -0.39 is 18.0 Å². The Kier molecular flexibility index (Phi) is 5.41. The zero-order chi connectivity index (χ0) is 22.3. The third-order valence-corrected chi connectivity index (χ3v) is 5.93. The van der Waals surface area contributed by atoms with Gasteiger partial charge in [-0.3, -0.25) is 24.6 Å². The summed E-state index contributed by atoms with van der Waals surface area (Å²) in [6.45, 7) is 2.13. The predicted molar refractivity (Wildman–Crippen MR) is 113 cm³/mol. The average molecular weight is 442 g/mol. The van der Waals surface area contributed by atoms with Crippen LogP contribution in [-0.4, -0.2) is 41.8 Å². The number of carbonyl (C=O) groups is 4. The summed E-state index contributed by atoms with van der Waals surface area (Å²) in [7, 11) is 1.56. The van der Waals surface area contributed by atoms with Gasteiger partial charge < -0.3 is 9.64 Å². The van der Waals surface area contributed by atoms with Gasteiger partial charge in [-0.25, -0.2) is 4.79 Å². The Hall–Kier alpha value is -3.39. The highest BCUT2D eigenvalue weighted by Crippen LogP contribution is 2.30. The van der Waals surface area contributed by atoms with Crippen molar-refractivity contribution >= 4 is 41.1 Å². The molecule has 1 N–H and O–H groups in total. The van der Waals surface area contributed by atoms with Gasteiger partial charge in [0.05, 0.1) is 0 Å². The van der Waals surface area contributed by atoms with Gasteiger partial charge >= 0.3 is 6.09 Å². The summed E-state index contributed by atoms with van der Waals surface area (Å²) in [5.41, 5.74) is 2.57. The van der Waals surface area contributed by atoms with Gasteiger partial charge in [0, 0.05) is 36.3 Å². The molecule has 9 heteroatoms. The van der Waals surface area contributed by atoms with Crippen LogP contribution in [0.1, 0.15) is 34.3 Å². The summed E-state index contributed by atoms with van der Waals surface area (Å²) >= 11 is 6.13. The minimum Gasteiger partial charge on any atom is -0.410 e. The van der Waals surface area contributed by atoms with Crippen LogP contribution >= 0.6 is 11.6 Å². The van der Waals surface area contributed by atoms with Crippen molar-refractivity contribution in [1.29, 1.82) is 0 Å². The minimum atomic E-state index is -0.694. The van der Waals surface area contributed by atoms with Crippen molar-refractivity contribution in [3.8, 4) is 5.75 Å². The number of nitrogens with one attached hydrogen (secondary N) is 1. The molecule has 1 atom stereocenters. The summed E-state index contributed by atoms with van der Waals surface area (Å²) in [6.07, 6.45) is -0.155. The summed E-state index contributed by atoms with van der Waals surface area (Å²) in [4.78, 5) is 51.7. The van der Waals surface area contributed by atoms with Crippen molar-refractivity contribution in [2.75, 3.05) is 11.9 Å². The van der Waals surface area contributed by atoms with Gasteiger partial charge in [0.2, 0.25) is 11.8 Å². The van der Waals surface area contributed by atoms with Crippen LogP contribution < -0.4 is 15.0 Å². The molecular formula is C22H20ClN3O5. The second-order valence-electron chi connectivity index (χ2n) is 7.58. The fraction of sp³-hybridized carbons (Fsp3) is 0.273. The standard InChI is InChI=1S/C22H20ClN3O5/c1-12-3-5-14(9-17(12)23)25(2)22(30)31-15-6-4-13-11-26(21(29)16(13)10-15)18-7-8-19(27)24-20(18)28/h3-6,9-10,18H,7-8,11H2,1-2H3,(H,24,27,28)/t18-/m1/s1. The molecule has 0 unspecified atom stereocenters. The molecule has 2 aromatic rings. The molecule has 31 heavy (non-hydrogen) atoms. The highest BCUT2D eigenvalue weighted by molar-refractivity contribution is 6.31. The fourth-order valence-corrected chi connectivity index (χ4v) is 3.84. The lowest BCUT2D eigenvalue weighted by atomic mass is 10.0. The highest BCUT2D eigenvalue weighted by Gasteiger charge is 2.39. The third-order valence-electron chi connectivity index (χ3n) is 5.52. The molecule has 0 spiro atoms. The van der Waals surface area contributed by atoms with Crippen LogP contribution in [0.3, 0.4) is 0 Å². The topological polar surface area (TPSA) is 96.0 Å². The molecular weight excluding hydrogens is 422 g/mol. The maximum absolute atomic E-state index is 12.9. The molecule has 2 aliphatic rings. The van der Waals surface area contributed by atoms with E-state index in [4.69, 9.17) is 16.3 Å². The van der Waals surface area contributed by atoms with Crippen molar-refractivity contribution < 1.29 is 23.9 Å². The first-order chi connectivity index (χ1) is 14.7. The van der Waals surface area contributed by atoms with Gasteiger partial charge in [0.15, 0.2) is 0 Å². The van der Waals surface area contributed by atoms with Gasteiger partial charge in [0.1, 0.15) is 11.8 Å². The summed E-state index contributed by atoms with van der Waals surface area (Å²) < 4.78 is 5.44. The van der Waals surface area contributed by atoms with E-state index in [1.165, 1.54) is 15.9 Å². The molecule has 8 nitrogen and oxygen atoms in total. The molecule has 1 fully saturated rings. The molecule has 0 aromatic heterocycles. The zero-order valence-electron chi connectivity index (χ0n) is 17.0. The van der Waals surface area contributed by atoms with Crippen LogP contribution in [0.5, 0.6) is 5.75 Å².